The van der Waals surface area contributed by atoms with Crippen molar-refractivity contribution in [2.45, 2.75) is 6.92 Å². The Balaban J connectivity index is 2.87. The topological polar surface area (TPSA) is 12.9 Å². The average molecular weight is 166 g/mol. The number of hydrogen-bond donors (Lipinski definition) is 0. The van der Waals surface area contributed by atoms with Gasteiger partial charge in [0.15, 0.2) is 0 Å². The highest BCUT2D eigenvalue weighted by Gasteiger charge is 1.86. The number of aryl methyl sites for hydroxylation is 1. The fraction of sp³-hybridized carbons (Fsp3) is 0.222. The summed E-state index contributed by atoms with van der Waals surface area (Å²) in [6, 6.07) is 3.80. The van der Waals surface area contributed by atoms with Crippen LogP contribution in [0.25, 0.3) is 0 Å². The van der Waals surface area contributed by atoms with Crippen molar-refractivity contribution in [3.8, 4) is 11.8 Å². The van der Waals surface area contributed by atoms with Gasteiger partial charge in [-0.05, 0) is 19.1 Å². The summed E-state index contributed by atoms with van der Waals surface area (Å²) >= 11 is 5.40. The molecule has 56 valence electrons. The zero-order valence-electron chi connectivity index (χ0n) is 6.26. The molecule has 0 saturated carbocycles. The predicted molar refractivity (Wildman–Crippen MR) is 46.6 cm³/mol. The van der Waals surface area contributed by atoms with Gasteiger partial charge in [0, 0.05) is 17.5 Å². The van der Waals surface area contributed by atoms with Crippen molar-refractivity contribution in [2.75, 3.05) is 5.88 Å². The summed E-state index contributed by atoms with van der Waals surface area (Å²) in [5.41, 5.74) is 1.95. The molecular weight excluding hydrogens is 158 g/mol. The lowest BCUT2D eigenvalue weighted by Crippen LogP contribution is -1.81. The van der Waals surface area contributed by atoms with Crippen LogP contribution in [0.15, 0.2) is 18.3 Å². The van der Waals surface area contributed by atoms with Gasteiger partial charge >= 0.3 is 0 Å². The van der Waals surface area contributed by atoms with Crippen molar-refractivity contribution in [1.82, 2.24) is 4.98 Å². The van der Waals surface area contributed by atoms with Crippen molar-refractivity contribution in [3.63, 3.8) is 0 Å². The number of alkyl halides is 1. The van der Waals surface area contributed by atoms with Crippen LogP contribution < -0.4 is 0 Å². The van der Waals surface area contributed by atoms with E-state index in [-0.39, 0.29) is 0 Å². The minimum Gasteiger partial charge on any atom is -0.262 e. The second-order valence-electron chi connectivity index (χ2n) is 2.12. The zero-order valence-corrected chi connectivity index (χ0v) is 7.02. The summed E-state index contributed by atoms with van der Waals surface area (Å²) in [7, 11) is 0. The van der Waals surface area contributed by atoms with Crippen LogP contribution in [0.4, 0.5) is 0 Å². The number of halogens is 1. The molecule has 0 spiro atoms. The Bertz CT molecular complexity index is 296. The molecule has 11 heavy (non-hydrogen) atoms. The first-order valence-corrected chi connectivity index (χ1v) is 3.84. The molecule has 1 rings (SSSR count). The minimum atomic E-state index is 0.376. The lowest BCUT2D eigenvalue weighted by Gasteiger charge is -1.90. The van der Waals surface area contributed by atoms with E-state index in [1.54, 1.807) is 6.20 Å². The zero-order chi connectivity index (χ0) is 8.10. The molecule has 0 aromatic carbocycles. The summed E-state index contributed by atoms with van der Waals surface area (Å²) in [4.78, 5) is 4.05. The molecule has 0 aliphatic carbocycles. The van der Waals surface area contributed by atoms with Crippen LogP contribution >= 0.6 is 11.6 Å². The van der Waals surface area contributed by atoms with Gasteiger partial charge in [0.2, 0.25) is 0 Å². The van der Waals surface area contributed by atoms with Crippen molar-refractivity contribution in [1.29, 1.82) is 0 Å². The number of rotatable bonds is 0. The van der Waals surface area contributed by atoms with Gasteiger partial charge in [0.05, 0.1) is 5.88 Å². The highest BCUT2D eigenvalue weighted by Crippen LogP contribution is 1.97. The predicted octanol–water partition coefficient (Wildman–Crippen LogP) is 1.98. The fourth-order valence-electron chi connectivity index (χ4n) is 0.759. The van der Waals surface area contributed by atoms with Gasteiger partial charge in [-0.1, -0.05) is 11.8 Å². The van der Waals surface area contributed by atoms with Gasteiger partial charge < -0.3 is 0 Å². The third-order valence-electron chi connectivity index (χ3n) is 1.20. The molecule has 0 fully saturated rings. The molecule has 1 nitrogen and oxygen atoms in total. The van der Waals surface area contributed by atoms with Crippen molar-refractivity contribution in [3.05, 3.63) is 29.6 Å². The minimum absolute atomic E-state index is 0.376. The first-order chi connectivity index (χ1) is 5.33. The molecule has 0 amide bonds. The summed E-state index contributed by atoms with van der Waals surface area (Å²) in [6.07, 6.45) is 1.74. The van der Waals surface area contributed by atoms with E-state index in [0.717, 1.165) is 11.3 Å². The maximum absolute atomic E-state index is 5.40. The van der Waals surface area contributed by atoms with Crippen molar-refractivity contribution >= 4 is 11.6 Å². The van der Waals surface area contributed by atoms with Gasteiger partial charge in [-0.25, -0.2) is 0 Å². The smallest absolute Gasteiger partial charge is 0.0839 e. The SMILES string of the molecule is Cc1cc(C#CCCl)ccn1. The summed E-state index contributed by atoms with van der Waals surface area (Å²) in [5.74, 6) is 6.07. The molecule has 0 saturated heterocycles. The highest BCUT2D eigenvalue weighted by atomic mass is 35.5. The highest BCUT2D eigenvalue weighted by molar-refractivity contribution is 6.19. The number of hydrogen-bond acceptors (Lipinski definition) is 1. The first kappa shape index (κ1) is 8.10. The monoisotopic (exact) mass is 165 g/mol. The third-order valence-corrected chi connectivity index (χ3v) is 1.33. The van der Waals surface area contributed by atoms with E-state index in [1.165, 1.54) is 0 Å². The molecule has 0 atom stereocenters. The molecule has 0 radical (unpaired) electrons. The fourth-order valence-corrected chi connectivity index (χ4v) is 0.826. The molecule has 0 aliphatic rings. The number of nitrogens with zero attached hydrogens (tertiary/aromatic N) is 1. The first-order valence-electron chi connectivity index (χ1n) is 3.30. The van der Waals surface area contributed by atoms with E-state index < -0.39 is 0 Å². The Morgan fingerprint density at radius 3 is 3.09 bits per heavy atom. The lowest BCUT2D eigenvalue weighted by molar-refractivity contribution is 1.19. The standard InChI is InChI=1S/C9H8ClN/c1-8-7-9(3-2-5-10)4-6-11-8/h4,6-7H,5H2,1H3. The molecule has 1 aromatic rings. The second kappa shape index (κ2) is 4.00. The molecule has 0 aliphatic heterocycles. The molecule has 0 N–H and O–H groups in total. The summed E-state index contributed by atoms with van der Waals surface area (Å²) in [5, 5.41) is 0. The molecular formula is C9H8ClN. The number of pyridine rings is 1. The van der Waals surface area contributed by atoms with Gasteiger partial charge in [-0.15, -0.1) is 11.6 Å². The Labute approximate surface area is 71.4 Å². The maximum Gasteiger partial charge on any atom is 0.0839 e. The van der Waals surface area contributed by atoms with E-state index in [9.17, 15) is 0 Å². The molecule has 2 heteroatoms. The van der Waals surface area contributed by atoms with Gasteiger partial charge in [-0.2, -0.15) is 0 Å². The Kier molecular flexibility index (Phi) is 2.95. The van der Waals surface area contributed by atoms with Crippen LogP contribution in [0.3, 0.4) is 0 Å². The van der Waals surface area contributed by atoms with Crippen LogP contribution in [-0.2, 0) is 0 Å². The van der Waals surface area contributed by atoms with Gasteiger partial charge in [0.1, 0.15) is 0 Å². The van der Waals surface area contributed by atoms with Crippen molar-refractivity contribution in [2.24, 2.45) is 0 Å². The van der Waals surface area contributed by atoms with Crippen LogP contribution in [0.5, 0.6) is 0 Å². The molecule has 0 unspecified atom stereocenters. The quantitative estimate of drug-likeness (QED) is 0.423. The normalized spacial score (nSPS) is 8.55. The van der Waals surface area contributed by atoms with Crippen molar-refractivity contribution < 1.29 is 0 Å². The van der Waals surface area contributed by atoms with E-state index in [4.69, 9.17) is 11.6 Å². The molecule has 1 heterocycles. The van der Waals surface area contributed by atoms with Crippen LogP contribution in [0, 0.1) is 18.8 Å². The largest absolute Gasteiger partial charge is 0.262 e. The average Bonchev–Trinajstić information content (AvgIpc) is 2.01. The second-order valence-corrected chi connectivity index (χ2v) is 2.39. The summed E-state index contributed by atoms with van der Waals surface area (Å²) in [6.45, 7) is 1.94. The van der Waals surface area contributed by atoms with E-state index >= 15 is 0 Å². The van der Waals surface area contributed by atoms with E-state index in [0.29, 0.717) is 5.88 Å². The molecule has 0 bridgehead atoms. The third kappa shape index (κ3) is 2.61. The van der Waals surface area contributed by atoms with E-state index in [1.807, 2.05) is 19.1 Å². The summed E-state index contributed by atoms with van der Waals surface area (Å²) < 4.78 is 0. The van der Waals surface area contributed by atoms with E-state index in [2.05, 4.69) is 16.8 Å². The Morgan fingerprint density at radius 1 is 1.64 bits per heavy atom. The van der Waals surface area contributed by atoms with Gasteiger partial charge in [-0.3, -0.25) is 4.98 Å². The van der Waals surface area contributed by atoms with Crippen LogP contribution in [0.2, 0.25) is 0 Å². The van der Waals surface area contributed by atoms with Crippen LogP contribution in [-0.4, -0.2) is 10.9 Å². The maximum atomic E-state index is 5.40. The van der Waals surface area contributed by atoms with Gasteiger partial charge in [0.25, 0.3) is 0 Å². The molecule has 1 aromatic heterocycles. The Hall–Kier alpha value is -1.00. The lowest BCUT2D eigenvalue weighted by atomic mass is 10.2. The van der Waals surface area contributed by atoms with Crippen LogP contribution in [0.1, 0.15) is 11.3 Å². The number of aromatic nitrogens is 1. The Morgan fingerprint density at radius 2 is 2.45 bits per heavy atom.